The van der Waals surface area contributed by atoms with Crippen LogP contribution >= 0.6 is 11.6 Å². The van der Waals surface area contributed by atoms with Crippen molar-refractivity contribution in [3.8, 4) is 5.75 Å². The third-order valence-electron chi connectivity index (χ3n) is 8.92. The Bertz CT molecular complexity index is 1000. The smallest absolute Gasteiger partial charge is 0.477 e. The molecule has 1 aromatic carbocycles. The predicted molar refractivity (Wildman–Crippen MR) is 136 cm³/mol. The number of halogens is 1. The number of rotatable bonds is 5. The van der Waals surface area contributed by atoms with Crippen molar-refractivity contribution in [3.05, 3.63) is 27.8 Å². The molecule has 5 nitrogen and oxygen atoms in total. The number of carbonyl (C=O) groups excluding carboxylic acids is 1. The molecular weight excluding hydrogens is 451 g/mol. The van der Waals surface area contributed by atoms with E-state index < -0.39 is 18.0 Å². The Morgan fingerprint density at radius 1 is 1.15 bits per heavy atom. The van der Waals surface area contributed by atoms with Gasteiger partial charge >= 0.3 is 13.1 Å². The average Bonchev–Trinajstić information content (AvgIpc) is 3.09. The molecule has 0 amide bonds. The van der Waals surface area contributed by atoms with Crippen molar-refractivity contribution in [2.45, 2.75) is 104 Å². The maximum atomic E-state index is 13.1. The van der Waals surface area contributed by atoms with Crippen molar-refractivity contribution in [2.75, 3.05) is 7.11 Å². The topological polar surface area (TPSA) is 54.0 Å². The molecule has 1 aliphatic heterocycles. The first-order chi connectivity index (χ1) is 15.6. The highest BCUT2D eigenvalue weighted by molar-refractivity contribution is 6.60. The van der Waals surface area contributed by atoms with Crippen LogP contribution in [0.4, 0.5) is 0 Å². The van der Waals surface area contributed by atoms with Crippen LogP contribution in [0, 0.1) is 38.0 Å². The van der Waals surface area contributed by atoms with Crippen LogP contribution in [0.3, 0.4) is 0 Å². The number of esters is 1. The maximum Gasteiger partial charge on any atom is 0.477 e. The summed E-state index contributed by atoms with van der Waals surface area (Å²) in [7, 11) is 1.10. The Labute approximate surface area is 210 Å². The second-order valence-electron chi connectivity index (χ2n) is 12.3. The van der Waals surface area contributed by atoms with Gasteiger partial charge < -0.3 is 18.8 Å². The lowest BCUT2D eigenvalue weighted by atomic mass is 9.43. The number of ether oxygens (including phenoxy) is 2. The van der Waals surface area contributed by atoms with E-state index in [9.17, 15) is 4.79 Å². The molecule has 1 saturated heterocycles. The lowest BCUT2D eigenvalue weighted by molar-refractivity contribution is -0.199. The fourth-order valence-corrected chi connectivity index (χ4v) is 6.84. The average molecular weight is 491 g/mol. The van der Waals surface area contributed by atoms with Gasteiger partial charge in [0.25, 0.3) is 0 Å². The van der Waals surface area contributed by atoms with E-state index in [2.05, 4.69) is 27.7 Å². The van der Waals surface area contributed by atoms with Gasteiger partial charge in [-0.2, -0.15) is 0 Å². The van der Waals surface area contributed by atoms with Crippen molar-refractivity contribution >= 4 is 24.7 Å². The Kier molecular flexibility index (Phi) is 6.40. The molecule has 5 atom stereocenters. The summed E-state index contributed by atoms with van der Waals surface area (Å²) in [5, 5.41) is -0.413. The van der Waals surface area contributed by atoms with Gasteiger partial charge in [0.15, 0.2) is 0 Å². The van der Waals surface area contributed by atoms with Crippen LogP contribution in [0.15, 0.2) is 0 Å². The standard InChI is InChI=1S/C27H40BClO5/c1-14-15(2)18(23(31-10)22(16(14)3)24(30)32-25(4,5)6)13-21(29)28-33-20-12-17-11-19(26(17,7)8)27(20,9)34-28/h17,19-21H,11-13H2,1-10H3/t17-,19-,20?,21+,27-/m0/s1. The van der Waals surface area contributed by atoms with E-state index in [1.165, 1.54) is 6.42 Å². The van der Waals surface area contributed by atoms with Gasteiger partial charge in [-0.05, 0) is 107 Å². The van der Waals surface area contributed by atoms with Crippen molar-refractivity contribution in [2.24, 2.45) is 17.3 Å². The van der Waals surface area contributed by atoms with Gasteiger partial charge in [0.1, 0.15) is 16.9 Å². The molecule has 0 N–H and O–H groups in total. The number of carbonyl (C=O) groups is 1. The minimum Gasteiger partial charge on any atom is -0.496 e. The fourth-order valence-electron chi connectivity index (χ4n) is 6.58. The lowest BCUT2D eigenvalue weighted by Gasteiger charge is -2.64. The molecule has 1 aromatic rings. The van der Waals surface area contributed by atoms with Gasteiger partial charge in [0.2, 0.25) is 0 Å². The number of alkyl halides is 1. The van der Waals surface area contributed by atoms with Gasteiger partial charge in [-0.15, -0.1) is 11.6 Å². The van der Waals surface area contributed by atoms with Gasteiger partial charge in [0.05, 0.1) is 24.1 Å². The second-order valence-corrected chi connectivity index (χ2v) is 12.9. The molecule has 0 spiro atoms. The molecule has 4 aliphatic rings. The molecule has 1 heterocycles. The maximum absolute atomic E-state index is 13.1. The highest BCUT2D eigenvalue weighted by Crippen LogP contribution is 2.65. The van der Waals surface area contributed by atoms with Crippen molar-refractivity contribution in [1.29, 1.82) is 0 Å². The molecule has 4 fully saturated rings. The summed E-state index contributed by atoms with van der Waals surface area (Å²) in [6.45, 7) is 18.5. The van der Waals surface area contributed by atoms with Gasteiger partial charge in [-0.1, -0.05) is 13.8 Å². The quantitative estimate of drug-likeness (QED) is 0.288. The summed E-state index contributed by atoms with van der Waals surface area (Å²) in [5.74, 6) is 1.32. The normalized spacial score (nSPS) is 30.4. The van der Waals surface area contributed by atoms with Crippen molar-refractivity contribution < 1.29 is 23.6 Å². The minimum atomic E-state index is -0.603. The molecule has 5 rings (SSSR count). The highest BCUT2D eigenvalue weighted by Gasteiger charge is 2.68. The Balaban J connectivity index is 1.62. The Morgan fingerprint density at radius 3 is 2.35 bits per heavy atom. The van der Waals surface area contributed by atoms with Crippen LogP contribution < -0.4 is 4.74 Å². The molecule has 0 aromatic heterocycles. The summed E-state index contributed by atoms with van der Waals surface area (Å²) in [5.41, 5.74) is 3.72. The van der Waals surface area contributed by atoms with Crippen molar-refractivity contribution in [1.82, 2.24) is 0 Å². The van der Waals surface area contributed by atoms with Crippen LogP contribution in [-0.4, -0.2) is 42.8 Å². The highest BCUT2D eigenvalue weighted by atomic mass is 35.5. The Morgan fingerprint density at radius 2 is 1.79 bits per heavy atom. The molecule has 188 valence electrons. The second kappa shape index (κ2) is 8.42. The summed E-state index contributed by atoms with van der Waals surface area (Å²) in [6, 6.07) is 0. The fraction of sp³-hybridized carbons (Fsp3) is 0.741. The summed E-state index contributed by atoms with van der Waals surface area (Å²) < 4.78 is 24.5. The number of benzene rings is 1. The molecule has 1 unspecified atom stereocenters. The van der Waals surface area contributed by atoms with E-state index in [0.29, 0.717) is 29.6 Å². The number of hydrogen-bond donors (Lipinski definition) is 0. The van der Waals surface area contributed by atoms with Crippen LogP contribution in [0.2, 0.25) is 0 Å². The molecule has 7 heteroatoms. The van der Waals surface area contributed by atoms with Crippen molar-refractivity contribution in [3.63, 3.8) is 0 Å². The van der Waals surface area contributed by atoms with E-state index in [0.717, 1.165) is 28.7 Å². The third-order valence-corrected chi connectivity index (χ3v) is 9.28. The number of methoxy groups -OCH3 is 1. The Hall–Kier alpha value is -1.24. The van der Waals surface area contributed by atoms with E-state index in [1.807, 2.05) is 34.6 Å². The monoisotopic (exact) mass is 490 g/mol. The molecule has 0 radical (unpaired) electrons. The van der Waals surface area contributed by atoms with Crippen LogP contribution in [-0.2, 0) is 20.5 Å². The van der Waals surface area contributed by atoms with E-state index in [-0.39, 0.29) is 23.1 Å². The van der Waals surface area contributed by atoms with Gasteiger partial charge in [0, 0.05) is 0 Å². The molecule has 3 aliphatic carbocycles. The number of hydrogen-bond acceptors (Lipinski definition) is 5. The zero-order valence-electron chi connectivity index (χ0n) is 22.4. The van der Waals surface area contributed by atoms with Crippen LogP contribution in [0.25, 0.3) is 0 Å². The van der Waals surface area contributed by atoms with E-state index in [4.69, 9.17) is 30.4 Å². The van der Waals surface area contributed by atoms with Crippen LogP contribution in [0.1, 0.15) is 87.0 Å². The van der Waals surface area contributed by atoms with Gasteiger partial charge in [-0.25, -0.2) is 4.79 Å². The summed E-state index contributed by atoms with van der Waals surface area (Å²) in [4.78, 5) is 13.1. The van der Waals surface area contributed by atoms with Gasteiger partial charge in [-0.3, -0.25) is 0 Å². The third kappa shape index (κ3) is 3.98. The zero-order chi connectivity index (χ0) is 25.4. The molecule has 34 heavy (non-hydrogen) atoms. The zero-order valence-corrected chi connectivity index (χ0v) is 23.2. The predicted octanol–water partition coefficient (Wildman–Crippen LogP) is 5.99. The lowest BCUT2D eigenvalue weighted by Crippen LogP contribution is -2.65. The van der Waals surface area contributed by atoms with E-state index in [1.54, 1.807) is 7.11 Å². The van der Waals surface area contributed by atoms with E-state index >= 15 is 0 Å². The summed E-state index contributed by atoms with van der Waals surface area (Å²) in [6.07, 6.45) is 2.77. The van der Waals surface area contributed by atoms with Crippen LogP contribution in [0.5, 0.6) is 5.75 Å². The SMILES string of the molecule is COc1c(C[C@@H](Cl)B2OC3C[C@@H]4C[C@@H](C4(C)C)[C@]3(C)O2)c(C)c(C)c(C)c1C(=O)OC(C)(C)C. The molecular formula is C27H40BClO5. The first-order valence-electron chi connectivity index (χ1n) is 12.5. The largest absolute Gasteiger partial charge is 0.496 e. The summed E-state index contributed by atoms with van der Waals surface area (Å²) >= 11 is 6.99. The molecule has 3 saturated carbocycles. The molecule has 2 bridgehead atoms. The first-order valence-corrected chi connectivity index (χ1v) is 12.9. The first kappa shape index (κ1) is 25.8. The minimum absolute atomic E-state index is 0.0793.